The van der Waals surface area contributed by atoms with Crippen LogP contribution in [0, 0.1) is 28.6 Å². The molecular formula is C15H17N3O2. The molecule has 0 saturated heterocycles. The minimum absolute atomic E-state index is 0.00800. The third kappa shape index (κ3) is 4.00. The van der Waals surface area contributed by atoms with Gasteiger partial charge in [-0.3, -0.25) is 4.79 Å². The molecule has 0 spiro atoms. The van der Waals surface area contributed by atoms with Gasteiger partial charge in [-0.25, -0.2) is 0 Å². The van der Waals surface area contributed by atoms with Gasteiger partial charge in [-0.15, -0.1) is 0 Å². The van der Waals surface area contributed by atoms with Crippen molar-refractivity contribution in [3.8, 4) is 17.9 Å². The number of amides is 1. The first kappa shape index (κ1) is 15.5. The molecule has 5 heteroatoms. The van der Waals surface area contributed by atoms with E-state index in [1.54, 1.807) is 31.2 Å². The van der Waals surface area contributed by atoms with Crippen LogP contribution in [0.1, 0.15) is 26.3 Å². The summed E-state index contributed by atoms with van der Waals surface area (Å²) in [6.07, 6.45) is 0. The molecule has 1 atom stereocenters. The molecule has 0 bridgehead atoms. The Morgan fingerprint density at radius 1 is 1.35 bits per heavy atom. The van der Waals surface area contributed by atoms with Gasteiger partial charge in [0.05, 0.1) is 17.7 Å². The fourth-order valence-electron chi connectivity index (χ4n) is 1.40. The monoisotopic (exact) mass is 271 g/mol. The summed E-state index contributed by atoms with van der Waals surface area (Å²) in [5.74, 6) is 0.140. The van der Waals surface area contributed by atoms with E-state index in [4.69, 9.17) is 15.3 Å². The lowest BCUT2D eigenvalue weighted by Gasteiger charge is -2.27. The van der Waals surface area contributed by atoms with Crippen LogP contribution >= 0.6 is 0 Å². The Labute approximate surface area is 118 Å². The quantitative estimate of drug-likeness (QED) is 0.887. The van der Waals surface area contributed by atoms with Crippen molar-refractivity contribution in [2.45, 2.75) is 26.3 Å². The molecule has 1 aromatic rings. The molecule has 0 unspecified atom stereocenters. The maximum atomic E-state index is 11.8. The summed E-state index contributed by atoms with van der Waals surface area (Å²) in [7, 11) is 0. The number of benzene rings is 1. The Morgan fingerprint density at radius 2 is 1.95 bits per heavy atom. The first-order valence-corrected chi connectivity index (χ1v) is 6.26. The van der Waals surface area contributed by atoms with Crippen molar-refractivity contribution in [2.75, 3.05) is 6.61 Å². The minimum atomic E-state index is -0.912. The zero-order chi connectivity index (χ0) is 15.2. The molecule has 0 aliphatic carbocycles. The van der Waals surface area contributed by atoms with Crippen LogP contribution < -0.4 is 10.1 Å². The van der Waals surface area contributed by atoms with Crippen molar-refractivity contribution in [2.24, 2.45) is 5.92 Å². The zero-order valence-electron chi connectivity index (χ0n) is 11.8. The van der Waals surface area contributed by atoms with Crippen molar-refractivity contribution in [3.63, 3.8) is 0 Å². The van der Waals surface area contributed by atoms with E-state index >= 15 is 0 Å². The van der Waals surface area contributed by atoms with Crippen LogP contribution in [-0.2, 0) is 4.79 Å². The Kier molecular flexibility index (Phi) is 5.11. The molecule has 0 aliphatic heterocycles. The highest BCUT2D eigenvalue weighted by Gasteiger charge is 2.29. The van der Waals surface area contributed by atoms with Crippen molar-refractivity contribution >= 4 is 5.91 Å². The SMILES string of the molecule is CC(C)[C@@](C)(C#N)NC(=O)COc1ccc(C#N)cc1. The topological polar surface area (TPSA) is 85.9 Å². The molecule has 1 rings (SSSR count). The molecular weight excluding hydrogens is 254 g/mol. The average molecular weight is 271 g/mol. The molecule has 1 amide bonds. The lowest BCUT2D eigenvalue weighted by atomic mass is 9.90. The fourth-order valence-corrected chi connectivity index (χ4v) is 1.40. The second-order valence-electron chi connectivity index (χ2n) is 4.94. The predicted molar refractivity (Wildman–Crippen MR) is 73.7 cm³/mol. The van der Waals surface area contributed by atoms with E-state index in [1.165, 1.54) is 0 Å². The number of rotatable bonds is 5. The fraction of sp³-hybridized carbons (Fsp3) is 0.400. The van der Waals surface area contributed by atoms with Gasteiger partial charge in [0, 0.05) is 0 Å². The Hall–Kier alpha value is -2.53. The summed E-state index contributed by atoms with van der Waals surface area (Å²) in [6.45, 7) is 5.24. The van der Waals surface area contributed by atoms with Crippen molar-refractivity contribution in [3.05, 3.63) is 29.8 Å². The second-order valence-corrected chi connectivity index (χ2v) is 4.94. The summed E-state index contributed by atoms with van der Waals surface area (Å²) in [5.41, 5.74) is -0.385. The lowest BCUT2D eigenvalue weighted by molar-refractivity contribution is -0.124. The number of ether oxygens (including phenoxy) is 1. The predicted octanol–water partition coefficient (Wildman–Crippen LogP) is 1.99. The van der Waals surface area contributed by atoms with Gasteiger partial charge >= 0.3 is 0 Å². The van der Waals surface area contributed by atoms with Gasteiger partial charge in [0.1, 0.15) is 11.3 Å². The van der Waals surface area contributed by atoms with E-state index < -0.39 is 5.54 Å². The number of hydrogen-bond donors (Lipinski definition) is 1. The van der Waals surface area contributed by atoms with Crippen LogP contribution in [0.2, 0.25) is 0 Å². The number of nitriles is 2. The number of carbonyl (C=O) groups excluding carboxylic acids is 1. The van der Waals surface area contributed by atoms with E-state index in [1.807, 2.05) is 19.9 Å². The number of hydrogen-bond acceptors (Lipinski definition) is 4. The van der Waals surface area contributed by atoms with Crippen LogP contribution in [0.25, 0.3) is 0 Å². The molecule has 0 fully saturated rings. The van der Waals surface area contributed by atoms with Crippen LogP contribution in [0.15, 0.2) is 24.3 Å². The van der Waals surface area contributed by atoms with Crippen molar-refractivity contribution < 1.29 is 9.53 Å². The van der Waals surface area contributed by atoms with Gasteiger partial charge in [0.2, 0.25) is 0 Å². The molecule has 0 heterocycles. The molecule has 20 heavy (non-hydrogen) atoms. The summed E-state index contributed by atoms with van der Waals surface area (Å²) < 4.78 is 5.31. The summed E-state index contributed by atoms with van der Waals surface area (Å²) in [5, 5.41) is 20.4. The highest BCUT2D eigenvalue weighted by molar-refractivity contribution is 5.78. The maximum Gasteiger partial charge on any atom is 0.259 e. The van der Waals surface area contributed by atoms with Gasteiger partial charge in [-0.2, -0.15) is 10.5 Å². The van der Waals surface area contributed by atoms with Crippen LogP contribution in [0.3, 0.4) is 0 Å². The highest BCUT2D eigenvalue weighted by atomic mass is 16.5. The van der Waals surface area contributed by atoms with Gasteiger partial charge in [0.25, 0.3) is 5.91 Å². The lowest BCUT2D eigenvalue weighted by Crippen LogP contribution is -2.50. The molecule has 0 aromatic heterocycles. The summed E-state index contributed by atoms with van der Waals surface area (Å²) in [6, 6.07) is 10.6. The van der Waals surface area contributed by atoms with E-state index in [2.05, 4.69) is 11.4 Å². The normalized spacial score (nSPS) is 12.9. The van der Waals surface area contributed by atoms with Crippen LogP contribution in [0.4, 0.5) is 0 Å². The van der Waals surface area contributed by atoms with E-state index in [9.17, 15) is 4.79 Å². The third-order valence-electron chi connectivity index (χ3n) is 3.14. The number of nitrogens with zero attached hydrogens (tertiary/aromatic N) is 2. The van der Waals surface area contributed by atoms with Crippen molar-refractivity contribution in [1.29, 1.82) is 10.5 Å². The second kappa shape index (κ2) is 6.58. The van der Waals surface area contributed by atoms with Gasteiger partial charge < -0.3 is 10.1 Å². The highest BCUT2D eigenvalue weighted by Crippen LogP contribution is 2.15. The summed E-state index contributed by atoms with van der Waals surface area (Å²) in [4.78, 5) is 11.8. The van der Waals surface area contributed by atoms with Gasteiger partial charge in [-0.05, 0) is 37.1 Å². The Bertz CT molecular complexity index is 552. The van der Waals surface area contributed by atoms with E-state index in [0.717, 1.165) is 0 Å². The molecule has 1 N–H and O–H groups in total. The van der Waals surface area contributed by atoms with E-state index in [-0.39, 0.29) is 18.4 Å². The van der Waals surface area contributed by atoms with Gasteiger partial charge in [0.15, 0.2) is 6.61 Å². The zero-order valence-corrected chi connectivity index (χ0v) is 11.8. The van der Waals surface area contributed by atoms with Crippen molar-refractivity contribution in [1.82, 2.24) is 5.32 Å². The Morgan fingerprint density at radius 3 is 2.40 bits per heavy atom. The minimum Gasteiger partial charge on any atom is -0.484 e. The molecule has 5 nitrogen and oxygen atoms in total. The standard InChI is InChI=1S/C15H17N3O2/c1-11(2)15(3,10-17)18-14(19)9-20-13-6-4-12(8-16)5-7-13/h4-7,11H,9H2,1-3H3,(H,18,19)/t15-/m1/s1. The van der Waals surface area contributed by atoms with Crippen LogP contribution in [0.5, 0.6) is 5.75 Å². The smallest absolute Gasteiger partial charge is 0.259 e. The molecule has 0 aliphatic rings. The number of carbonyl (C=O) groups is 1. The van der Waals surface area contributed by atoms with Crippen LogP contribution in [-0.4, -0.2) is 18.1 Å². The number of nitrogens with one attached hydrogen (secondary N) is 1. The molecule has 0 saturated carbocycles. The van der Waals surface area contributed by atoms with E-state index in [0.29, 0.717) is 11.3 Å². The summed E-state index contributed by atoms with van der Waals surface area (Å²) >= 11 is 0. The molecule has 1 aromatic carbocycles. The maximum absolute atomic E-state index is 11.8. The first-order valence-electron chi connectivity index (χ1n) is 6.26. The molecule has 0 radical (unpaired) electrons. The largest absolute Gasteiger partial charge is 0.484 e. The average Bonchev–Trinajstić information content (AvgIpc) is 2.45. The third-order valence-corrected chi connectivity index (χ3v) is 3.14. The van der Waals surface area contributed by atoms with Gasteiger partial charge in [-0.1, -0.05) is 13.8 Å². The molecule has 104 valence electrons. The Balaban J connectivity index is 2.55. The first-order chi connectivity index (χ1) is 9.41.